The van der Waals surface area contributed by atoms with E-state index in [-0.39, 0.29) is 5.91 Å². The van der Waals surface area contributed by atoms with E-state index in [0.29, 0.717) is 24.0 Å². The molecule has 1 amide bonds. The van der Waals surface area contributed by atoms with Crippen LogP contribution in [0, 0.1) is 0 Å². The van der Waals surface area contributed by atoms with Gasteiger partial charge in [0.1, 0.15) is 16.8 Å². The summed E-state index contributed by atoms with van der Waals surface area (Å²) >= 11 is 0. The van der Waals surface area contributed by atoms with Crippen LogP contribution in [-0.4, -0.2) is 28.4 Å². The molecule has 0 unspecified atom stereocenters. The van der Waals surface area contributed by atoms with Gasteiger partial charge in [-0.1, -0.05) is 18.2 Å². The van der Waals surface area contributed by atoms with Gasteiger partial charge in [0.2, 0.25) is 5.91 Å². The Morgan fingerprint density at radius 1 is 1.18 bits per heavy atom. The molecule has 6 heteroatoms. The number of carbonyl (C=O) groups excluding carboxylic acids is 1. The van der Waals surface area contributed by atoms with Gasteiger partial charge < -0.3 is 10.1 Å². The van der Waals surface area contributed by atoms with Crippen molar-refractivity contribution in [3.63, 3.8) is 0 Å². The number of hydrogen-bond acceptors (Lipinski definition) is 4. The molecule has 6 nitrogen and oxygen atoms in total. The van der Waals surface area contributed by atoms with Crippen LogP contribution in [0.2, 0.25) is 0 Å². The first-order chi connectivity index (χ1) is 10.8. The second kappa shape index (κ2) is 6.26. The van der Waals surface area contributed by atoms with Gasteiger partial charge in [-0.25, -0.2) is 0 Å². The third kappa shape index (κ3) is 3.06. The second-order valence-electron chi connectivity index (χ2n) is 4.89. The van der Waals surface area contributed by atoms with Crippen LogP contribution in [0.25, 0.3) is 11.0 Å². The van der Waals surface area contributed by atoms with E-state index >= 15 is 0 Å². The molecule has 0 aliphatic heterocycles. The molecule has 0 aliphatic carbocycles. The quantitative estimate of drug-likeness (QED) is 0.758. The molecule has 2 aromatic carbocycles. The SMILES string of the molecule is COc1ccc(CCC(=O)Nc2cccc3n[nH]nc23)cc1. The molecule has 1 aromatic heterocycles. The average molecular weight is 296 g/mol. The summed E-state index contributed by atoms with van der Waals surface area (Å²) in [6.45, 7) is 0. The number of anilines is 1. The van der Waals surface area contributed by atoms with Crippen LogP contribution in [0.4, 0.5) is 5.69 Å². The standard InChI is InChI=1S/C16H16N4O2/c1-22-12-8-5-11(6-9-12)7-10-15(21)17-13-3-2-4-14-16(13)19-20-18-14/h2-6,8-9H,7,10H2,1H3,(H,17,21)(H,18,19,20). The van der Waals surface area contributed by atoms with Gasteiger partial charge in [-0.05, 0) is 36.2 Å². The zero-order valence-corrected chi connectivity index (χ0v) is 12.2. The van der Waals surface area contributed by atoms with Crippen molar-refractivity contribution in [3.05, 3.63) is 48.0 Å². The number of ether oxygens (including phenoxy) is 1. The minimum atomic E-state index is -0.0497. The van der Waals surface area contributed by atoms with Crippen LogP contribution >= 0.6 is 0 Å². The molecule has 0 fully saturated rings. The number of carbonyl (C=O) groups is 1. The number of benzene rings is 2. The largest absolute Gasteiger partial charge is 0.497 e. The lowest BCUT2D eigenvalue weighted by Gasteiger charge is -2.06. The number of aromatic nitrogens is 3. The Bertz CT molecular complexity index is 780. The Morgan fingerprint density at radius 2 is 2.00 bits per heavy atom. The fraction of sp³-hybridized carbons (Fsp3) is 0.188. The highest BCUT2D eigenvalue weighted by Gasteiger charge is 2.08. The topological polar surface area (TPSA) is 79.9 Å². The Balaban J connectivity index is 1.61. The summed E-state index contributed by atoms with van der Waals surface area (Å²) in [7, 11) is 1.63. The fourth-order valence-electron chi connectivity index (χ4n) is 2.23. The summed E-state index contributed by atoms with van der Waals surface area (Å²) in [5.41, 5.74) is 3.16. The maximum absolute atomic E-state index is 12.1. The molecular weight excluding hydrogens is 280 g/mol. The number of amides is 1. The summed E-state index contributed by atoms with van der Waals surface area (Å²) in [6.07, 6.45) is 1.07. The highest BCUT2D eigenvalue weighted by atomic mass is 16.5. The number of hydrogen-bond donors (Lipinski definition) is 2. The first kappa shape index (κ1) is 14.1. The Labute approximate surface area is 127 Å². The normalized spacial score (nSPS) is 10.6. The van der Waals surface area contributed by atoms with E-state index < -0.39 is 0 Å². The molecule has 0 spiro atoms. The van der Waals surface area contributed by atoms with Gasteiger partial charge in [0.15, 0.2) is 0 Å². The van der Waals surface area contributed by atoms with Gasteiger partial charge in [0.25, 0.3) is 0 Å². The van der Waals surface area contributed by atoms with E-state index in [2.05, 4.69) is 20.7 Å². The first-order valence-corrected chi connectivity index (χ1v) is 6.98. The highest BCUT2D eigenvalue weighted by Crippen LogP contribution is 2.19. The van der Waals surface area contributed by atoms with E-state index in [1.54, 1.807) is 7.11 Å². The fourth-order valence-corrected chi connectivity index (χ4v) is 2.23. The molecule has 0 saturated carbocycles. The van der Waals surface area contributed by atoms with Gasteiger partial charge in [0.05, 0.1) is 12.8 Å². The Kier molecular flexibility index (Phi) is 4.00. The lowest BCUT2D eigenvalue weighted by Crippen LogP contribution is -2.12. The molecule has 0 atom stereocenters. The molecular formula is C16H16N4O2. The smallest absolute Gasteiger partial charge is 0.224 e. The molecule has 2 N–H and O–H groups in total. The maximum atomic E-state index is 12.1. The van der Waals surface area contributed by atoms with Gasteiger partial charge >= 0.3 is 0 Å². The van der Waals surface area contributed by atoms with Crippen LogP contribution in [0.15, 0.2) is 42.5 Å². The van der Waals surface area contributed by atoms with Crippen molar-refractivity contribution >= 4 is 22.6 Å². The Morgan fingerprint density at radius 3 is 2.77 bits per heavy atom. The summed E-state index contributed by atoms with van der Waals surface area (Å²) in [5, 5.41) is 13.5. The van der Waals surface area contributed by atoms with Crippen molar-refractivity contribution in [1.82, 2.24) is 15.4 Å². The van der Waals surface area contributed by atoms with Crippen molar-refractivity contribution in [2.45, 2.75) is 12.8 Å². The van der Waals surface area contributed by atoms with E-state index in [0.717, 1.165) is 16.8 Å². The van der Waals surface area contributed by atoms with Crippen LogP contribution < -0.4 is 10.1 Å². The number of fused-ring (bicyclic) bond motifs is 1. The van der Waals surface area contributed by atoms with Crippen molar-refractivity contribution < 1.29 is 9.53 Å². The summed E-state index contributed by atoms with van der Waals surface area (Å²) in [5.74, 6) is 0.761. The van der Waals surface area contributed by atoms with Crippen LogP contribution in [0.1, 0.15) is 12.0 Å². The van der Waals surface area contributed by atoms with Crippen LogP contribution in [0.5, 0.6) is 5.75 Å². The summed E-state index contributed by atoms with van der Waals surface area (Å²) < 4.78 is 5.11. The summed E-state index contributed by atoms with van der Waals surface area (Å²) in [4.78, 5) is 12.1. The first-order valence-electron chi connectivity index (χ1n) is 6.98. The third-order valence-electron chi connectivity index (χ3n) is 3.42. The number of methoxy groups -OCH3 is 1. The number of nitrogens with one attached hydrogen (secondary N) is 2. The molecule has 0 bridgehead atoms. The highest BCUT2D eigenvalue weighted by molar-refractivity contribution is 5.99. The molecule has 0 saturated heterocycles. The van der Waals surface area contributed by atoms with Gasteiger partial charge in [0, 0.05) is 6.42 Å². The van der Waals surface area contributed by atoms with Crippen molar-refractivity contribution in [2.75, 3.05) is 12.4 Å². The number of aromatic amines is 1. The van der Waals surface area contributed by atoms with Gasteiger partial charge in [-0.15, -0.1) is 0 Å². The second-order valence-corrected chi connectivity index (χ2v) is 4.89. The minimum absolute atomic E-state index is 0.0497. The minimum Gasteiger partial charge on any atom is -0.497 e. The molecule has 22 heavy (non-hydrogen) atoms. The van der Waals surface area contributed by atoms with E-state index in [1.807, 2.05) is 42.5 Å². The zero-order valence-electron chi connectivity index (χ0n) is 12.2. The number of nitrogens with zero attached hydrogens (tertiary/aromatic N) is 2. The molecule has 0 radical (unpaired) electrons. The number of H-pyrrole nitrogens is 1. The Hall–Kier alpha value is -2.89. The lowest BCUT2D eigenvalue weighted by molar-refractivity contribution is -0.116. The van der Waals surface area contributed by atoms with Crippen LogP contribution in [-0.2, 0) is 11.2 Å². The van der Waals surface area contributed by atoms with Crippen molar-refractivity contribution in [2.24, 2.45) is 0 Å². The molecule has 112 valence electrons. The predicted molar refractivity (Wildman–Crippen MR) is 83.8 cm³/mol. The monoisotopic (exact) mass is 296 g/mol. The molecule has 3 rings (SSSR count). The third-order valence-corrected chi connectivity index (χ3v) is 3.42. The van der Waals surface area contributed by atoms with E-state index in [9.17, 15) is 4.79 Å². The number of para-hydroxylation sites is 1. The van der Waals surface area contributed by atoms with Crippen LogP contribution in [0.3, 0.4) is 0 Å². The predicted octanol–water partition coefficient (Wildman–Crippen LogP) is 2.54. The molecule has 1 heterocycles. The lowest BCUT2D eigenvalue weighted by atomic mass is 10.1. The number of aryl methyl sites for hydroxylation is 1. The van der Waals surface area contributed by atoms with E-state index in [4.69, 9.17) is 4.74 Å². The maximum Gasteiger partial charge on any atom is 0.224 e. The van der Waals surface area contributed by atoms with Crippen molar-refractivity contribution in [3.8, 4) is 5.75 Å². The van der Waals surface area contributed by atoms with Crippen molar-refractivity contribution in [1.29, 1.82) is 0 Å². The average Bonchev–Trinajstić information content (AvgIpc) is 3.03. The van der Waals surface area contributed by atoms with E-state index in [1.165, 1.54) is 0 Å². The number of rotatable bonds is 5. The molecule has 3 aromatic rings. The van der Waals surface area contributed by atoms with Gasteiger partial charge in [-0.2, -0.15) is 15.4 Å². The molecule has 0 aliphatic rings. The zero-order chi connectivity index (χ0) is 15.4. The van der Waals surface area contributed by atoms with Gasteiger partial charge in [-0.3, -0.25) is 4.79 Å². The summed E-state index contributed by atoms with van der Waals surface area (Å²) in [6, 6.07) is 13.2.